The summed E-state index contributed by atoms with van der Waals surface area (Å²) in [6.07, 6.45) is 0.924. The quantitative estimate of drug-likeness (QED) is 0.210. The second-order valence-corrected chi connectivity index (χ2v) is 9.95. The van der Waals surface area contributed by atoms with Crippen molar-refractivity contribution in [3.8, 4) is 5.75 Å². The maximum absolute atomic E-state index is 13.1. The van der Waals surface area contributed by atoms with Gasteiger partial charge in [-0.05, 0) is 48.9 Å². The van der Waals surface area contributed by atoms with E-state index in [-0.39, 0.29) is 24.3 Å². The third-order valence-corrected chi connectivity index (χ3v) is 7.02. The minimum Gasteiger partial charge on any atom is -0.494 e. The van der Waals surface area contributed by atoms with Gasteiger partial charge >= 0.3 is 5.97 Å². The molecule has 0 fully saturated rings. The first kappa shape index (κ1) is 27.6. The van der Waals surface area contributed by atoms with Gasteiger partial charge in [-0.15, -0.1) is 0 Å². The molecule has 2 N–H and O–H groups in total. The minimum absolute atomic E-state index is 0.0172. The van der Waals surface area contributed by atoms with Crippen LogP contribution >= 0.6 is 0 Å². The average molecular weight is 549 g/mol. The van der Waals surface area contributed by atoms with E-state index in [1.165, 1.54) is 0 Å². The van der Waals surface area contributed by atoms with Gasteiger partial charge in [0.05, 0.1) is 12.6 Å². The highest BCUT2D eigenvalue weighted by molar-refractivity contribution is 6.12. The maximum Gasteiger partial charge on any atom is 0.326 e. The third kappa shape index (κ3) is 7.00. The molecule has 41 heavy (non-hydrogen) atoms. The fraction of sp³-hybridized carbons (Fsp3) is 0.206. The molecule has 4 aromatic carbocycles. The van der Waals surface area contributed by atoms with E-state index in [2.05, 4.69) is 5.32 Å². The molecule has 0 saturated heterocycles. The molecule has 208 valence electrons. The number of nitrogens with one attached hydrogen (secondary N) is 1. The predicted molar refractivity (Wildman–Crippen MR) is 159 cm³/mol. The summed E-state index contributed by atoms with van der Waals surface area (Å²) in [5.41, 5.74) is 3.26. The van der Waals surface area contributed by atoms with Crippen molar-refractivity contribution in [1.82, 2.24) is 0 Å². The normalized spacial score (nSPS) is 16.8. The van der Waals surface area contributed by atoms with Crippen LogP contribution in [0.5, 0.6) is 5.75 Å². The van der Waals surface area contributed by atoms with E-state index in [1.807, 2.05) is 67.6 Å². The minimum atomic E-state index is -1.00. The number of ether oxygens (including phenoxy) is 2. The van der Waals surface area contributed by atoms with Crippen LogP contribution in [-0.2, 0) is 16.0 Å². The number of hydrogen-bond donors (Lipinski definition) is 2. The van der Waals surface area contributed by atoms with Crippen LogP contribution in [0.25, 0.3) is 0 Å². The molecule has 7 nitrogen and oxygen atoms in total. The zero-order valence-electron chi connectivity index (χ0n) is 22.8. The Morgan fingerprint density at radius 1 is 0.902 bits per heavy atom. The number of carbonyl (C=O) groups excluding carboxylic acids is 1. The number of benzene rings is 4. The van der Waals surface area contributed by atoms with Crippen LogP contribution in [0.4, 0.5) is 5.69 Å². The van der Waals surface area contributed by atoms with Crippen molar-refractivity contribution in [2.24, 2.45) is 4.99 Å². The highest BCUT2D eigenvalue weighted by Gasteiger charge is 2.27. The summed E-state index contributed by atoms with van der Waals surface area (Å²) in [4.78, 5) is 29.9. The molecule has 0 radical (unpaired) electrons. The number of aliphatic carboxylic acids is 1. The number of anilines is 1. The molecule has 2 unspecified atom stereocenters. The number of carboxylic acids is 1. The number of carbonyl (C=O) groups is 2. The number of ketones is 1. The van der Waals surface area contributed by atoms with Gasteiger partial charge in [0.15, 0.2) is 5.78 Å². The summed E-state index contributed by atoms with van der Waals surface area (Å²) in [5, 5.41) is 13.0. The zero-order chi connectivity index (χ0) is 28.6. The van der Waals surface area contributed by atoms with Gasteiger partial charge in [-0.25, -0.2) is 9.79 Å². The molecular weight excluding hydrogens is 516 g/mol. The van der Waals surface area contributed by atoms with Crippen LogP contribution in [0.15, 0.2) is 114 Å². The van der Waals surface area contributed by atoms with Gasteiger partial charge in [-0.2, -0.15) is 0 Å². The molecule has 4 aromatic rings. The highest BCUT2D eigenvalue weighted by Crippen LogP contribution is 2.23. The monoisotopic (exact) mass is 548 g/mol. The molecule has 0 aromatic heterocycles. The van der Waals surface area contributed by atoms with Crippen LogP contribution in [0, 0.1) is 0 Å². The molecule has 1 aliphatic heterocycles. The first-order chi connectivity index (χ1) is 20.0. The number of rotatable bonds is 12. The van der Waals surface area contributed by atoms with Crippen molar-refractivity contribution in [2.75, 3.05) is 11.9 Å². The van der Waals surface area contributed by atoms with Crippen LogP contribution in [0.1, 0.15) is 40.4 Å². The Morgan fingerprint density at radius 2 is 1.56 bits per heavy atom. The maximum atomic E-state index is 13.1. The Kier molecular flexibility index (Phi) is 8.74. The van der Waals surface area contributed by atoms with Gasteiger partial charge < -0.3 is 19.9 Å². The predicted octanol–water partition coefficient (Wildman–Crippen LogP) is 6.03. The molecular formula is C34H32N2O5. The van der Waals surface area contributed by atoms with E-state index in [9.17, 15) is 14.7 Å². The number of nitrogens with zero attached hydrogens (tertiary/aromatic N) is 1. The number of aliphatic imine (C=N–C) groups is 1. The Hall–Kier alpha value is -4.91. The lowest BCUT2D eigenvalue weighted by Crippen LogP contribution is -2.32. The first-order valence-electron chi connectivity index (χ1n) is 13.7. The molecule has 0 amide bonds. The SMILES string of the molecule is CC1OC(c2ccccc2)=NC1CCOc1ccc(C[C@H](Nc2ccccc2C(=O)c2ccccc2)C(=O)O)cc1. The third-order valence-electron chi connectivity index (χ3n) is 7.02. The second-order valence-electron chi connectivity index (χ2n) is 9.95. The topological polar surface area (TPSA) is 97.2 Å². The Balaban J connectivity index is 1.17. The average Bonchev–Trinajstić information content (AvgIpc) is 3.38. The lowest BCUT2D eigenvalue weighted by molar-refractivity contribution is -0.137. The number of carboxylic acid groups (broad SMARTS) is 1. The Morgan fingerprint density at radius 3 is 2.27 bits per heavy atom. The summed E-state index contributed by atoms with van der Waals surface area (Å²) >= 11 is 0. The largest absolute Gasteiger partial charge is 0.494 e. The standard InChI is InChI=1S/C34H32N2O5/c1-23-29(36-33(41-23)26-12-6-3-7-13-26)20-21-40-27-18-16-24(17-19-27)22-31(34(38)39)35-30-15-9-8-14-28(30)32(37)25-10-4-2-5-11-25/h2-19,23,29,31,35H,20-22H2,1H3,(H,38,39)/t23?,29?,31-/m0/s1. The lowest BCUT2D eigenvalue weighted by atomic mass is 10.00. The van der Waals surface area contributed by atoms with E-state index in [0.29, 0.717) is 41.5 Å². The van der Waals surface area contributed by atoms with Gasteiger partial charge in [0.2, 0.25) is 5.90 Å². The summed E-state index contributed by atoms with van der Waals surface area (Å²) < 4.78 is 11.9. The summed E-state index contributed by atoms with van der Waals surface area (Å²) in [7, 11) is 0. The van der Waals surface area contributed by atoms with Crippen LogP contribution in [-0.4, -0.2) is 47.6 Å². The van der Waals surface area contributed by atoms with Gasteiger partial charge in [0.1, 0.15) is 17.9 Å². The molecule has 1 aliphatic rings. The summed E-state index contributed by atoms with van der Waals surface area (Å²) in [6, 6.07) is 32.3. The Bertz CT molecular complexity index is 1500. The Labute approximate surface area is 239 Å². The lowest BCUT2D eigenvalue weighted by Gasteiger charge is -2.18. The van der Waals surface area contributed by atoms with E-state index in [0.717, 1.165) is 11.1 Å². The van der Waals surface area contributed by atoms with Crippen LogP contribution in [0.2, 0.25) is 0 Å². The number of para-hydroxylation sites is 1. The molecule has 0 aliphatic carbocycles. The summed E-state index contributed by atoms with van der Waals surface area (Å²) in [6.45, 7) is 2.50. The number of hydrogen-bond acceptors (Lipinski definition) is 6. The van der Waals surface area contributed by atoms with Crippen molar-refractivity contribution >= 4 is 23.3 Å². The molecule has 3 atom stereocenters. The van der Waals surface area contributed by atoms with E-state index >= 15 is 0 Å². The van der Waals surface area contributed by atoms with Crippen molar-refractivity contribution in [1.29, 1.82) is 0 Å². The van der Waals surface area contributed by atoms with Gasteiger partial charge in [-0.1, -0.05) is 72.8 Å². The summed E-state index contributed by atoms with van der Waals surface area (Å²) in [5.74, 6) is 0.197. The fourth-order valence-corrected chi connectivity index (χ4v) is 4.76. The van der Waals surface area contributed by atoms with Crippen LogP contribution in [0.3, 0.4) is 0 Å². The smallest absolute Gasteiger partial charge is 0.326 e. The zero-order valence-corrected chi connectivity index (χ0v) is 22.8. The molecule has 0 bridgehead atoms. The molecule has 0 spiro atoms. The molecule has 1 heterocycles. The first-order valence-corrected chi connectivity index (χ1v) is 13.7. The van der Waals surface area contributed by atoms with E-state index < -0.39 is 12.0 Å². The van der Waals surface area contributed by atoms with Gasteiger partial charge in [0, 0.05) is 35.2 Å². The highest BCUT2D eigenvalue weighted by atomic mass is 16.5. The van der Waals surface area contributed by atoms with Gasteiger partial charge in [0.25, 0.3) is 0 Å². The van der Waals surface area contributed by atoms with Crippen molar-refractivity contribution in [3.05, 3.63) is 131 Å². The molecule has 0 saturated carbocycles. The second kappa shape index (κ2) is 13.0. The van der Waals surface area contributed by atoms with E-state index in [4.69, 9.17) is 14.5 Å². The molecule has 5 rings (SSSR count). The van der Waals surface area contributed by atoms with Crippen LogP contribution < -0.4 is 10.1 Å². The van der Waals surface area contributed by atoms with Crippen molar-refractivity contribution < 1.29 is 24.2 Å². The van der Waals surface area contributed by atoms with Gasteiger partial charge in [-0.3, -0.25) is 4.79 Å². The van der Waals surface area contributed by atoms with E-state index in [1.54, 1.807) is 48.5 Å². The fourth-order valence-electron chi connectivity index (χ4n) is 4.76. The molecule has 7 heteroatoms. The van der Waals surface area contributed by atoms with Crippen molar-refractivity contribution in [2.45, 2.75) is 38.0 Å². The van der Waals surface area contributed by atoms with Crippen molar-refractivity contribution in [3.63, 3.8) is 0 Å².